The van der Waals surface area contributed by atoms with Crippen LogP contribution in [0.4, 0.5) is 5.82 Å². The number of benzene rings is 1. The lowest BCUT2D eigenvalue weighted by Gasteiger charge is -2.21. The Morgan fingerprint density at radius 2 is 2.21 bits per heavy atom. The molecule has 1 fully saturated rings. The van der Waals surface area contributed by atoms with Crippen LogP contribution < -0.4 is 10.6 Å². The largest absolute Gasteiger partial charge is 0.356 e. The molecular formula is C16H21N3. The molecule has 2 heterocycles. The van der Waals surface area contributed by atoms with Gasteiger partial charge in [-0.25, -0.2) is 4.98 Å². The van der Waals surface area contributed by atoms with Gasteiger partial charge < -0.3 is 10.6 Å². The van der Waals surface area contributed by atoms with E-state index in [1.807, 2.05) is 6.07 Å². The van der Waals surface area contributed by atoms with Gasteiger partial charge >= 0.3 is 0 Å². The predicted molar refractivity (Wildman–Crippen MR) is 80.5 cm³/mol. The van der Waals surface area contributed by atoms with Crippen molar-refractivity contribution >= 4 is 16.7 Å². The number of hydrogen-bond acceptors (Lipinski definition) is 3. The molecule has 3 rings (SSSR count). The highest BCUT2D eigenvalue weighted by Gasteiger charge is 2.22. The molecular weight excluding hydrogens is 234 g/mol. The lowest BCUT2D eigenvalue weighted by Crippen LogP contribution is -2.22. The van der Waals surface area contributed by atoms with Crippen LogP contribution in [-0.2, 0) is 6.42 Å². The molecule has 1 unspecified atom stereocenters. The number of nitrogens with zero attached hydrogens (tertiary/aromatic N) is 2. The molecule has 2 aromatic rings. The van der Waals surface area contributed by atoms with Crippen LogP contribution in [0.3, 0.4) is 0 Å². The van der Waals surface area contributed by atoms with Gasteiger partial charge in [-0.3, -0.25) is 0 Å². The first-order valence-corrected chi connectivity index (χ1v) is 7.11. The molecule has 0 saturated carbocycles. The fraction of sp³-hybridized carbons (Fsp3) is 0.438. The molecule has 0 bridgehead atoms. The van der Waals surface area contributed by atoms with Crippen LogP contribution in [0.2, 0.25) is 0 Å². The zero-order chi connectivity index (χ0) is 13.2. The van der Waals surface area contributed by atoms with Gasteiger partial charge in [-0.1, -0.05) is 25.1 Å². The maximum atomic E-state index is 5.75. The summed E-state index contributed by atoms with van der Waals surface area (Å²) in [6.07, 6.45) is 2.16. The van der Waals surface area contributed by atoms with Crippen molar-refractivity contribution in [2.45, 2.75) is 19.8 Å². The normalized spacial score (nSPS) is 19.3. The van der Waals surface area contributed by atoms with E-state index in [0.29, 0.717) is 6.54 Å². The quantitative estimate of drug-likeness (QED) is 0.916. The number of anilines is 1. The summed E-state index contributed by atoms with van der Waals surface area (Å²) in [4.78, 5) is 7.30. The summed E-state index contributed by atoms with van der Waals surface area (Å²) in [5.41, 5.74) is 8.12. The van der Waals surface area contributed by atoms with Gasteiger partial charge in [-0.2, -0.15) is 0 Å². The third kappa shape index (κ3) is 2.43. The van der Waals surface area contributed by atoms with Crippen LogP contribution >= 0.6 is 0 Å². The number of rotatable bonds is 3. The zero-order valence-electron chi connectivity index (χ0n) is 11.5. The number of para-hydroxylation sites is 1. The number of fused-ring (bicyclic) bond motifs is 1. The van der Waals surface area contributed by atoms with Gasteiger partial charge in [-0.15, -0.1) is 0 Å². The molecule has 19 heavy (non-hydrogen) atoms. The maximum absolute atomic E-state index is 5.75. The average molecular weight is 255 g/mol. The molecule has 1 aromatic heterocycles. The van der Waals surface area contributed by atoms with Gasteiger partial charge in [0.2, 0.25) is 0 Å². The molecule has 100 valence electrons. The summed E-state index contributed by atoms with van der Waals surface area (Å²) in [6, 6.07) is 10.6. The Labute approximate surface area is 114 Å². The van der Waals surface area contributed by atoms with Gasteiger partial charge in [0.25, 0.3) is 0 Å². The molecule has 0 radical (unpaired) electrons. The lowest BCUT2D eigenvalue weighted by molar-refractivity contribution is 0.658. The van der Waals surface area contributed by atoms with Crippen molar-refractivity contribution in [1.29, 1.82) is 0 Å². The molecule has 1 aliphatic heterocycles. The molecule has 3 heteroatoms. The number of nitrogens with two attached hydrogens (primary N) is 1. The predicted octanol–water partition coefficient (Wildman–Crippen LogP) is 2.58. The highest BCUT2D eigenvalue weighted by atomic mass is 15.2. The van der Waals surface area contributed by atoms with Crippen LogP contribution in [-0.4, -0.2) is 24.6 Å². The monoisotopic (exact) mass is 255 g/mol. The fourth-order valence-electron chi connectivity index (χ4n) is 2.89. The van der Waals surface area contributed by atoms with Crippen molar-refractivity contribution in [2.75, 3.05) is 24.5 Å². The van der Waals surface area contributed by atoms with Crippen LogP contribution in [0.1, 0.15) is 18.9 Å². The Balaban J connectivity index is 2.07. The Bertz CT molecular complexity index is 579. The third-order valence-corrected chi connectivity index (χ3v) is 3.92. The fourth-order valence-corrected chi connectivity index (χ4v) is 2.89. The highest BCUT2D eigenvalue weighted by molar-refractivity contribution is 5.81. The van der Waals surface area contributed by atoms with E-state index in [1.165, 1.54) is 17.4 Å². The molecule has 1 aliphatic rings. The van der Waals surface area contributed by atoms with Crippen LogP contribution in [0.25, 0.3) is 10.9 Å². The standard InChI is InChI=1S/C16H21N3/c1-12-7-9-19(11-12)16-14(6-8-17)10-13-4-2-3-5-15(13)18-16/h2-5,10,12H,6-9,11,17H2,1H3. The molecule has 1 saturated heterocycles. The Hall–Kier alpha value is -1.61. The zero-order valence-corrected chi connectivity index (χ0v) is 11.5. The van der Waals surface area contributed by atoms with Crippen molar-refractivity contribution in [1.82, 2.24) is 4.98 Å². The second-order valence-corrected chi connectivity index (χ2v) is 5.54. The minimum Gasteiger partial charge on any atom is -0.356 e. The van der Waals surface area contributed by atoms with Gasteiger partial charge in [-0.05, 0) is 43.0 Å². The maximum Gasteiger partial charge on any atom is 0.132 e. The van der Waals surface area contributed by atoms with Crippen molar-refractivity contribution in [3.8, 4) is 0 Å². The van der Waals surface area contributed by atoms with E-state index in [1.54, 1.807) is 0 Å². The summed E-state index contributed by atoms with van der Waals surface area (Å²) in [5, 5.41) is 1.21. The summed E-state index contributed by atoms with van der Waals surface area (Å²) in [6.45, 7) is 5.22. The van der Waals surface area contributed by atoms with E-state index >= 15 is 0 Å². The Morgan fingerprint density at radius 3 is 2.95 bits per heavy atom. The highest BCUT2D eigenvalue weighted by Crippen LogP contribution is 2.28. The lowest BCUT2D eigenvalue weighted by atomic mass is 10.1. The summed E-state index contributed by atoms with van der Waals surface area (Å²) < 4.78 is 0. The molecule has 1 atom stereocenters. The van der Waals surface area contributed by atoms with Crippen molar-refractivity contribution in [3.63, 3.8) is 0 Å². The molecule has 0 amide bonds. The van der Waals surface area contributed by atoms with Gasteiger partial charge in [0.05, 0.1) is 5.52 Å². The average Bonchev–Trinajstić information content (AvgIpc) is 2.85. The van der Waals surface area contributed by atoms with Gasteiger partial charge in [0.15, 0.2) is 0 Å². The SMILES string of the molecule is CC1CCN(c2nc3ccccc3cc2CCN)C1. The molecule has 2 N–H and O–H groups in total. The Kier molecular flexibility index (Phi) is 3.38. The van der Waals surface area contributed by atoms with E-state index in [0.717, 1.165) is 36.8 Å². The van der Waals surface area contributed by atoms with E-state index in [-0.39, 0.29) is 0 Å². The Morgan fingerprint density at radius 1 is 1.37 bits per heavy atom. The molecule has 1 aromatic carbocycles. The molecule has 3 nitrogen and oxygen atoms in total. The van der Waals surface area contributed by atoms with Crippen molar-refractivity contribution < 1.29 is 0 Å². The number of aromatic nitrogens is 1. The van der Waals surface area contributed by atoms with E-state index < -0.39 is 0 Å². The van der Waals surface area contributed by atoms with Crippen molar-refractivity contribution in [2.24, 2.45) is 11.7 Å². The number of hydrogen-bond donors (Lipinski definition) is 1. The van der Waals surface area contributed by atoms with E-state index in [9.17, 15) is 0 Å². The molecule has 0 spiro atoms. The summed E-state index contributed by atoms with van der Waals surface area (Å²) >= 11 is 0. The second kappa shape index (κ2) is 5.17. The summed E-state index contributed by atoms with van der Waals surface area (Å²) in [5.74, 6) is 1.91. The third-order valence-electron chi connectivity index (χ3n) is 3.92. The van der Waals surface area contributed by atoms with Crippen LogP contribution in [0.15, 0.2) is 30.3 Å². The summed E-state index contributed by atoms with van der Waals surface area (Å²) in [7, 11) is 0. The van der Waals surface area contributed by atoms with Gasteiger partial charge in [0.1, 0.15) is 5.82 Å². The van der Waals surface area contributed by atoms with Crippen molar-refractivity contribution in [3.05, 3.63) is 35.9 Å². The molecule has 0 aliphatic carbocycles. The van der Waals surface area contributed by atoms with Gasteiger partial charge in [0, 0.05) is 18.5 Å². The second-order valence-electron chi connectivity index (χ2n) is 5.54. The first-order valence-electron chi connectivity index (χ1n) is 7.11. The first-order chi connectivity index (χ1) is 9.28. The first kappa shape index (κ1) is 12.4. The minimum absolute atomic E-state index is 0.677. The van der Waals surface area contributed by atoms with E-state index in [4.69, 9.17) is 10.7 Å². The number of pyridine rings is 1. The van der Waals surface area contributed by atoms with Crippen LogP contribution in [0.5, 0.6) is 0 Å². The smallest absolute Gasteiger partial charge is 0.132 e. The topological polar surface area (TPSA) is 42.2 Å². The van der Waals surface area contributed by atoms with E-state index in [2.05, 4.69) is 36.1 Å². The van der Waals surface area contributed by atoms with Crippen LogP contribution in [0, 0.1) is 5.92 Å². The minimum atomic E-state index is 0.677.